The van der Waals surface area contributed by atoms with Crippen molar-refractivity contribution < 1.29 is 0 Å². The van der Waals surface area contributed by atoms with Crippen LogP contribution in [0, 0.1) is 27.9 Å². The van der Waals surface area contributed by atoms with Gasteiger partial charge in [-0.2, -0.15) is 0 Å². The van der Waals surface area contributed by atoms with Gasteiger partial charge in [-0.1, -0.05) is 19.8 Å². The van der Waals surface area contributed by atoms with Crippen LogP contribution in [0.5, 0.6) is 0 Å². The van der Waals surface area contributed by atoms with Gasteiger partial charge in [0.05, 0.1) is 6.34 Å². The van der Waals surface area contributed by atoms with Crippen LogP contribution in [0.3, 0.4) is 0 Å². The zero-order valence-electron chi connectivity index (χ0n) is 11.0. The molecular formula is C13H24N3O-. The maximum atomic E-state index is 11.4. The van der Waals surface area contributed by atoms with Gasteiger partial charge in [0, 0.05) is 6.54 Å². The topological polar surface area (TPSA) is 53.4 Å². The lowest BCUT2D eigenvalue weighted by atomic mass is 9.59. The van der Waals surface area contributed by atoms with E-state index >= 15 is 0 Å². The van der Waals surface area contributed by atoms with Crippen LogP contribution in [0.4, 0.5) is 0 Å². The first-order valence-electron chi connectivity index (χ1n) is 6.73. The van der Waals surface area contributed by atoms with Crippen molar-refractivity contribution in [2.75, 3.05) is 13.6 Å². The fourth-order valence-electron chi connectivity index (χ4n) is 4.14. The summed E-state index contributed by atoms with van der Waals surface area (Å²) >= 11 is 0. The molecule has 1 N–H and O–H groups in total. The Morgan fingerprint density at radius 2 is 2.24 bits per heavy atom. The minimum Gasteiger partial charge on any atom is -0.767 e. The van der Waals surface area contributed by atoms with Gasteiger partial charge in [0.15, 0.2) is 0 Å². The van der Waals surface area contributed by atoms with Gasteiger partial charge in [-0.15, -0.1) is 0 Å². The maximum absolute atomic E-state index is 11.4. The highest BCUT2D eigenvalue weighted by Gasteiger charge is 2.42. The fourth-order valence-corrected chi connectivity index (χ4v) is 4.14. The van der Waals surface area contributed by atoms with Gasteiger partial charge in [0.1, 0.15) is 0 Å². The summed E-state index contributed by atoms with van der Waals surface area (Å²) in [6.45, 7) is 3.07. The molecule has 0 aromatic heterocycles. The van der Waals surface area contributed by atoms with E-state index in [1.807, 2.05) is 0 Å². The van der Waals surface area contributed by atoms with Gasteiger partial charge >= 0.3 is 0 Å². The third-order valence-electron chi connectivity index (χ3n) is 4.57. The van der Waals surface area contributed by atoms with E-state index in [2.05, 4.69) is 6.92 Å². The first kappa shape index (κ1) is 12.8. The summed E-state index contributed by atoms with van der Waals surface area (Å²) in [5.41, 5.74) is 0.288. The highest BCUT2D eigenvalue weighted by atomic mass is 16.5. The Bertz CT molecular complexity index is 278. The zero-order chi connectivity index (χ0) is 12.5. The molecule has 0 aromatic rings. The van der Waals surface area contributed by atoms with E-state index < -0.39 is 0 Å². The number of hydrazine groups is 1. The second kappa shape index (κ2) is 4.94. The van der Waals surface area contributed by atoms with E-state index in [0.717, 1.165) is 23.6 Å². The summed E-state index contributed by atoms with van der Waals surface area (Å²) in [5.74, 6) is 1.63. The Morgan fingerprint density at radius 3 is 2.88 bits per heavy atom. The Balaban J connectivity index is 2.07. The molecule has 4 nitrogen and oxygen atoms in total. The number of hydroxylamine groups is 1. The molecule has 2 fully saturated rings. The molecule has 0 amide bonds. The van der Waals surface area contributed by atoms with Crippen LogP contribution in [0.2, 0.25) is 0 Å². The minimum atomic E-state index is 0.288. The standard InChI is InChI=1S/C13H24N3O/c1-11-6-12-4-3-5-13(7-11,8-12)9-16(10-14)15(2)17/h10-12,14H,3-9H2,1-2H3/q-1. The smallest absolute Gasteiger partial charge is 0.0954 e. The highest BCUT2D eigenvalue weighted by Crippen LogP contribution is 2.51. The van der Waals surface area contributed by atoms with Crippen LogP contribution in [0.15, 0.2) is 0 Å². The van der Waals surface area contributed by atoms with Crippen molar-refractivity contribution in [2.45, 2.75) is 45.4 Å². The quantitative estimate of drug-likeness (QED) is 0.465. The lowest BCUT2D eigenvalue weighted by Crippen LogP contribution is -2.47. The van der Waals surface area contributed by atoms with Crippen LogP contribution in [0.1, 0.15) is 45.4 Å². The van der Waals surface area contributed by atoms with Crippen LogP contribution < -0.4 is 0 Å². The van der Waals surface area contributed by atoms with E-state index in [4.69, 9.17) is 5.41 Å². The molecule has 4 heteroatoms. The van der Waals surface area contributed by atoms with Crippen molar-refractivity contribution in [3.63, 3.8) is 0 Å². The Morgan fingerprint density at radius 1 is 1.47 bits per heavy atom. The molecule has 0 spiro atoms. The monoisotopic (exact) mass is 238 g/mol. The van der Waals surface area contributed by atoms with E-state index in [-0.39, 0.29) is 5.41 Å². The third kappa shape index (κ3) is 2.80. The van der Waals surface area contributed by atoms with E-state index in [1.54, 1.807) is 0 Å². The number of nitrogens with zero attached hydrogens (tertiary/aromatic N) is 2. The number of hydrogen-bond acceptors (Lipinski definition) is 3. The van der Waals surface area contributed by atoms with Gasteiger partial charge in [-0.05, 0) is 50.0 Å². The largest absolute Gasteiger partial charge is 0.767 e. The molecule has 0 saturated heterocycles. The second-order valence-corrected chi connectivity index (χ2v) is 6.20. The van der Waals surface area contributed by atoms with Gasteiger partial charge in [-0.25, -0.2) is 0 Å². The van der Waals surface area contributed by atoms with Crippen molar-refractivity contribution in [1.82, 2.24) is 10.2 Å². The summed E-state index contributed by atoms with van der Waals surface area (Å²) in [5, 5.41) is 21.0. The van der Waals surface area contributed by atoms with Gasteiger partial charge in [0.25, 0.3) is 0 Å². The van der Waals surface area contributed by atoms with Gasteiger partial charge in [0.2, 0.25) is 0 Å². The molecule has 2 aliphatic rings. The first-order chi connectivity index (χ1) is 8.04. The van der Waals surface area contributed by atoms with Crippen molar-refractivity contribution in [2.24, 2.45) is 17.3 Å². The van der Waals surface area contributed by atoms with E-state index in [0.29, 0.717) is 0 Å². The molecule has 2 bridgehead atoms. The zero-order valence-corrected chi connectivity index (χ0v) is 11.0. The third-order valence-corrected chi connectivity index (χ3v) is 4.57. The van der Waals surface area contributed by atoms with Gasteiger partial charge < -0.3 is 10.2 Å². The Labute approximate surface area is 104 Å². The summed E-state index contributed by atoms with van der Waals surface area (Å²) < 4.78 is 0. The minimum absolute atomic E-state index is 0.288. The van der Waals surface area contributed by atoms with E-state index in [1.165, 1.54) is 56.9 Å². The molecule has 2 rings (SSSR count). The fraction of sp³-hybridized carbons (Fsp3) is 0.923. The predicted octanol–water partition coefficient (Wildman–Crippen LogP) is 2.85. The summed E-state index contributed by atoms with van der Waals surface area (Å²) in [6, 6.07) is 0. The van der Waals surface area contributed by atoms with Crippen LogP contribution in [-0.4, -0.2) is 30.1 Å². The van der Waals surface area contributed by atoms with Crippen LogP contribution in [0.25, 0.3) is 0 Å². The molecule has 0 aliphatic heterocycles. The number of fused-ring (bicyclic) bond motifs is 2. The number of rotatable bonds is 4. The average Bonchev–Trinajstić information content (AvgIpc) is 2.24. The molecule has 17 heavy (non-hydrogen) atoms. The molecule has 2 aliphatic carbocycles. The Hall–Kier alpha value is -0.610. The summed E-state index contributed by atoms with van der Waals surface area (Å²) in [6.07, 6.45) is 8.91. The second-order valence-electron chi connectivity index (χ2n) is 6.20. The molecule has 3 unspecified atom stereocenters. The SMILES string of the molecule is CC1CC2CCCC(CN(C=N)N(C)[O-])(C1)C2. The molecule has 0 radical (unpaired) electrons. The molecule has 2 saturated carbocycles. The number of nitrogens with one attached hydrogen (secondary N) is 1. The van der Waals surface area contributed by atoms with Gasteiger partial charge in [-0.3, -0.25) is 10.6 Å². The molecular weight excluding hydrogens is 214 g/mol. The van der Waals surface area contributed by atoms with E-state index in [9.17, 15) is 5.21 Å². The van der Waals surface area contributed by atoms with Crippen molar-refractivity contribution in [1.29, 1.82) is 5.41 Å². The highest BCUT2D eigenvalue weighted by molar-refractivity contribution is 5.49. The molecule has 0 aromatic carbocycles. The Kier molecular flexibility index (Phi) is 3.73. The van der Waals surface area contributed by atoms with Crippen molar-refractivity contribution in [3.8, 4) is 0 Å². The lowest BCUT2D eigenvalue weighted by molar-refractivity contribution is -0.00885. The molecule has 3 atom stereocenters. The van der Waals surface area contributed by atoms with Crippen LogP contribution >= 0.6 is 0 Å². The summed E-state index contributed by atoms with van der Waals surface area (Å²) in [4.78, 5) is 0. The van der Waals surface area contributed by atoms with Crippen LogP contribution in [-0.2, 0) is 0 Å². The van der Waals surface area contributed by atoms with Crippen molar-refractivity contribution in [3.05, 3.63) is 5.21 Å². The summed E-state index contributed by atoms with van der Waals surface area (Å²) in [7, 11) is 1.48. The number of hydrogen-bond donors (Lipinski definition) is 1. The first-order valence-corrected chi connectivity index (χ1v) is 6.73. The average molecular weight is 238 g/mol. The molecule has 98 valence electrons. The molecule has 0 heterocycles. The lowest BCUT2D eigenvalue weighted by Gasteiger charge is -2.51. The van der Waals surface area contributed by atoms with Crippen molar-refractivity contribution >= 4 is 6.34 Å². The normalized spacial score (nSPS) is 36.9. The maximum Gasteiger partial charge on any atom is 0.0954 e. The predicted molar refractivity (Wildman–Crippen MR) is 69.4 cm³/mol.